The van der Waals surface area contributed by atoms with Crippen molar-refractivity contribution < 1.29 is 9.13 Å². The summed E-state index contributed by atoms with van der Waals surface area (Å²) in [4.78, 5) is 8.61. The summed E-state index contributed by atoms with van der Waals surface area (Å²) in [7, 11) is 1.57. The van der Waals surface area contributed by atoms with Crippen molar-refractivity contribution in [3.05, 3.63) is 40.9 Å². The number of rotatable bonds is 6. The molecule has 2 aromatic rings. The number of benzene rings is 1. The van der Waals surface area contributed by atoms with E-state index >= 15 is 0 Å². The maximum absolute atomic E-state index is 13.4. The Hall–Kier alpha value is -1.92. The lowest BCUT2D eigenvalue weighted by molar-refractivity contribution is 0.178. The molecule has 0 spiro atoms. The van der Waals surface area contributed by atoms with Crippen molar-refractivity contribution in [1.29, 1.82) is 0 Å². The van der Waals surface area contributed by atoms with Crippen LogP contribution in [0.4, 0.5) is 21.7 Å². The molecule has 0 saturated heterocycles. The average Bonchev–Trinajstić information content (AvgIpc) is 2.43. The summed E-state index contributed by atoms with van der Waals surface area (Å²) in [5.74, 6) is 1.28. The second-order valence-electron chi connectivity index (χ2n) is 4.27. The van der Waals surface area contributed by atoms with Crippen LogP contribution < -0.4 is 10.6 Å². The molecule has 0 amide bonds. The fourth-order valence-corrected chi connectivity index (χ4v) is 1.87. The second kappa shape index (κ2) is 7.19. The van der Waals surface area contributed by atoms with E-state index in [1.807, 2.05) is 6.92 Å². The first-order valence-corrected chi connectivity index (χ1v) is 6.83. The maximum Gasteiger partial charge on any atom is 0.158 e. The Balaban J connectivity index is 2.26. The molecule has 0 fully saturated rings. The van der Waals surface area contributed by atoms with Gasteiger partial charge >= 0.3 is 0 Å². The predicted molar refractivity (Wildman–Crippen MR) is 81.6 cm³/mol. The van der Waals surface area contributed by atoms with Crippen LogP contribution in [-0.4, -0.2) is 23.6 Å². The number of anilines is 3. The van der Waals surface area contributed by atoms with E-state index in [-0.39, 0.29) is 5.02 Å². The lowest BCUT2D eigenvalue weighted by Gasteiger charge is -2.10. The molecule has 5 nitrogen and oxygen atoms in total. The third-order valence-electron chi connectivity index (χ3n) is 2.60. The van der Waals surface area contributed by atoms with E-state index in [0.29, 0.717) is 29.8 Å². The highest BCUT2D eigenvalue weighted by Crippen LogP contribution is 2.22. The molecule has 0 unspecified atom stereocenters. The van der Waals surface area contributed by atoms with E-state index in [0.717, 1.165) is 6.54 Å². The summed E-state index contributed by atoms with van der Waals surface area (Å²) < 4.78 is 18.5. The first kappa shape index (κ1) is 15.5. The second-order valence-corrected chi connectivity index (χ2v) is 4.68. The Labute approximate surface area is 127 Å². The highest BCUT2D eigenvalue weighted by Gasteiger charge is 2.06. The third-order valence-corrected chi connectivity index (χ3v) is 2.90. The zero-order valence-corrected chi connectivity index (χ0v) is 12.5. The van der Waals surface area contributed by atoms with E-state index in [9.17, 15) is 4.39 Å². The number of hydrogen-bond acceptors (Lipinski definition) is 5. The molecule has 0 saturated carbocycles. The Morgan fingerprint density at radius 3 is 2.67 bits per heavy atom. The Bertz CT molecular complexity index is 600. The van der Waals surface area contributed by atoms with Gasteiger partial charge in [-0.05, 0) is 25.1 Å². The Kier molecular flexibility index (Phi) is 5.30. The minimum atomic E-state index is -0.486. The smallest absolute Gasteiger partial charge is 0.158 e. The van der Waals surface area contributed by atoms with Crippen LogP contribution in [-0.2, 0) is 11.3 Å². The van der Waals surface area contributed by atoms with E-state index < -0.39 is 5.82 Å². The minimum absolute atomic E-state index is 0.0802. The van der Waals surface area contributed by atoms with Crippen LogP contribution in [0, 0.1) is 5.82 Å². The van der Waals surface area contributed by atoms with Gasteiger partial charge in [-0.15, -0.1) is 0 Å². The van der Waals surface area contributed by atoms with Gasteiger partial charge in [0.05, 0.1) is 5.02 Å². The van der Waals surface area contributed by atoms with Crippen LogP contribution in [0.1, 0.15) is 12.7 Å². The molecule has 2 N–H and O–H groups in total. The van der Waals surface area contributed by atoms with Crippen molar-refractivity contribution in [3.8, 4) is 0 Å². The lowest BCUT2D eigenvalue weighted by Crippen LogP contribution is -2.06. The van der Waals surface area contributed by atoms with Gasteiger partial charge < -0.3 is 15.4 Å². The topological polar surface area (TPSA) is 59.1 Å². The molecular weight excluding hydrogens is 295 g/mol. The van der Waals surface area contributed by atoms with Crippen molar-refractivity contribution in [1.82, 2.24) is 9.97 Å². The van der Waals surface area contributed by atoms with Gasteiger partial charge in [0, 0.05) is 25.4 Å². The fourth-order valence-electron chi connectivity index (χ4n) is 1.75. The van der Waals surface area contributed by atoms with Gasteiger partial charge in [-0.2, -0.15) is 0 Å². The summed E-state index contributed by atoms with van der Waals surface area (Å²) in [5, 5.41) is 6.22. The van der Waals surface area contributed by atoms with Gasteiger partial charge in [0.25, 0.3) is 0 Å². The fraction of sp³-hybridized carbons (Fsp3) is 0.286. The SMILES string of the molecule is CCNc1cc(Nc2ccc(Cl)c(F)c2)nc(COC)n1. The normalized spacial score (nSPS) is 10.5. The van der Waals surface area contributed by atoms with Crippen LogP contribution in [0.25, 0.3) is 0 Å². The number of aromatic nitrogens is 2. The van der Waals surface area contributed by atoms with E-state index in [1.165, 1.54) is 12.1 Å². The van der Waals surface area contributed by atoms with Crippen molar-refractivity contribution in [2.45, 2.75) is 13.5 Å². The van der Waals surface area contributed by atoms with Crippen LogP contribution >= 0.6 is 11.6 Å². The molecule has 0 atom stereocenters. The van der Waals surface area contributed by atoms with Crippen LogP contribution in [0.2, 0.25) is 5.02 Å². The van der Waals surface area contributed by atoms with Crippen molar-refractivity contribution in [2.75, 3.05) is 24.3 Å². The van der Waals surface area contributed by atoms with Crippen LogP contribution in [0.15, 0.2) is 24.3 Å². The number of nitrogens with zero attached hydrogens (tertiary/aromatic N) is 2. The molecule has 0 aliphatic carbocycles. The third kappa shape index (κ3) is 4.27. The van der Waals surface area contributed by atoms with E-state index in [1.54, 1.807) is 19.2 Å². The monoisotopic (exact) mass is 310 g/mol. The summed E-state index contributed by atoms with van der Waals surface area (Å²) in [6.07, 6.45) is 0. The molecule has 2 rings (SSSR count). The highest BCUT2D eigenvalue weighted by atomic mass is 35.5. The van der Waals surface area contributed by atoms with Crippen molar-refractivity contribution in [2.24, 2.45) is 0 Å². The minimum Gasteiger partial charge on any atom is -0.377 e. The number of halogens is 2. The van der Waals surface area contributed by atoms with Gasteiger partial charge in [-0.3, -0.25) is 0 Å². The molecule has 1 aromatic heterocycles. The number of methoxy groups -OCH3 is 1. The molecule has 7 heteroatoms. The lowest BCUT2D eigenvalue weighted by atomic mass is 10.3. The molecule has 0 aliphatic heterocycles. The largest absolute Gasteiger partial charge is 0.377 e. The summed E-state index contributed by atoms with van der Waals surface area (Å²) in [6, 6.07) is 6.22. The predicted octanol–water partition coefficient (Wildman–Crippen LogP) is 3.59. The van der Waals surface area contributed by atoms with Crippen LogP contribution in [0.3, 0.4) is 0 Å². The van der Waals surface area contributed by atoms with E-state index in [4.69, 9.17) is 16.3 Å². The van der Waals surface area contributed by atoms with Crippen molar-refractivity contribution in [3.63, 3.8) is 0 Å². The maximum atomic E-state index is 13.4. The molecule has 1 aromatic carbocycles. The van der Waals surface area contributed by atoms with Gasteiger partial charge in [0.15, 0.2) is 5.82 Å². The van der Waals surface area contributed by atoms with Gasteiger partial charge in [-0.1, -0.05) is 11.6 Å². The van der Waals surface area contributed by atoms with E-state index in [2.05, 4.69) is 20.6 Å². The molecule has 0 radical (unpaired) electrons. The number of nitrogens with one attached hydrogen (secondary N) is 2. The highest BCUT2D eigenvalue weighted by molar-refractivity contribution is 6.30. The first-order chi connectivity index (χ1) is 10.1. The summed E-state index contributed by atoms with van der Waals surface area (Å²) >= 11 is 5.66. The average molecular weight is 311 g/mol. The molecule has 0 aliphatic rings. The first-order valence-electron chi connectivity index (χ1n) is 6.45. The Morgan fingerprint density at radius 1 is 1.24 bits per heavy atom. The number of hydrogen-bond donors (Lipinski definition) is 2. The molecule has 112 valence electrons. The van der Waals surface area contributed by atoms with Gasteiger partial charge in [-0.25, -0.2) is 14.4 Å². The van der Waals surface area contributed by atoms with Gasteiger partial charge in [0.2, 0.25) is 0 Å². The molecular formula is C14H16ClFN4O. The zero-order chi connectivity index (χ0) is 15.2. The Morgan fingerprint density at radius 2 is 2.00 bits per heavy atom. The van der Waals surface area contributed by atoms with Gasteiger partial charge in [0.1, 0.15) is 24.1 Å². The standard InChI is InChI=1S/C14H16ClFN4O/c1-3-17-12-7-13(20-14(19-12)8-21-2)18-9-4-5-10(15)11(16)6-9/h4-7H,3,8H2,1-2H3,(H2,17,18,19,20). The molecule has 0 bridgehead atoms. The van der Waals surface area contributed by atoms with Crippen LogP contribution in [0.5, 0.6) is 0 Å². The molecule has 21 heavy (non-hydrogen) atoms. The summed E-state index contributed by atoms with van der Waals surface area (Å²) in [5.41, 5.74) is 0.557. The number of ether oxygens (including phenoxy) is 1. The zero-order valence-electron chi connectivity index (χ0n) is 11.8. The summed E-state index contributed by atoms with van der Waals surface area (Å²) in [6.45, 7) is 3.00. The van der Waals surface area contributed by atoms with Crippen molar-refractivity contribution >= 4 is 28.9 Å². The quantitative estimate of drug-likeness (QED) is 0.854. The molecule has 1 heterocycles.